The molecule has 0 atom stereocenters. The topological polar surface area (TPSA) is 63.9 Å². The lowest BCUT2D eigenvalue weighted by Crippen LogP contribution is -2.40. The number of aromatic nitrogens is 4. The highest BCUT2D eigenvalue weighted by molar-refractivity contribution is 5.75. The van der Waals surface area contributed by atoms with E-state index in [1.807, 2.05) is 17.0 Å². The van der Waals surface area contributed by atoms with Gasteiger partial charge in [0.1, 0.15) is 18.7 Å². The van der Waals surface area contributed by atoms with Gasteiger partial charge in [-0.1, -0.05) is 12.1 Å². The Morgan fingerprint density at radius 2 is 1.95 bits per heavy atom. The zero-order valence-corrected chi connectivity index (χ0v) is 12.2. The Kier molecular flexibility index (Phi) is 4.41. The van der Waals surface area contributed by atoms with E-state index in [1.165, 1.54) is 23.1 Å². The van der Waals surface area contributed by atoms with Gasteiger partial charge in [-0.3, -0.25) is 4.79 Å². The quantitative estimate of drug-likeness (QED) is 0.854. The molecule has 0 bridgehead atoms. The summed E-state index contributed by atoms with van der Waals surface area (Å²) in [5, 5.41) is 10.7. The number of hydrogen-bond acceptors (Lipinski definition) is 4. The molecule has 1 amide bonds. The predicted octanol–water partition coefficient (Wildman–Crippen LogP) is 1.29. The molecule has 116 valence electrons. The minimum absolute atomic E-state index is 0.0486. The number of nitrogens with zero attached hydrogens (tertiary/aromatic N) is 5. The van der Waals surface area contributed by atoms with Crippen LogP contribution >= 0.6 is 0 Å². The normalized spacial score (nSPS) is 16.0. The van der Waals surface area contributed by atoms with Gasteiger partial charge in [0, 0.05) is 13.1 Å². The molecule has 1 saturated heterocycles. The molecule has 7 heteroatoms. The van der Waals surface area contributed by atoms with E-state index in [-0.39, 0.29) is 18.3 Å². The molecule has 0 radical (unpaired) electrons. The monoisotopic (exact) mass is 303 g/mol. The Morgan fingerprint density at radius 1 is 1.23 bits per heavy atom. The molecule has 0 saturated carbocycles. The van der Waals surface area contributed by atoms with E-state index in [0.29, 0.717) is 5.92 Å². The average Bonchev–Trinajstić information content (AvgIpc) is 3.03. The molecule has 6 nitrogen and oxygen atoms in total. The Balaban J connectivity index is 1.47. The van der Waals surface area contributed by atoms with Gasteiger partial charge in [0.2, 0.25) is 5.91 Å². The third kappa shape index (κ3) is 3.66. The highest BCUT2D eigenvalue weighted by atomic mass is 19.1. The van der Waals surface area contributed by atoms with E-state index in [2.05, 4.69) is 15.5 Å². The standard InChI is InChI=1S/C15H18FN5O/c16-14-3-1-12(2-4-14)9-13-5-7-20(8-6-13)15(22)10-21-11-17-18-19-21/h1-4,11,13H,5-10H2. The smallest absolute Gasteiger partial charge is 0.244 e. The maximum atomic E-state index is 12.9. The molecule has 2 heterocycles. The highest BCUT2D eigenvalue weighted by Gasteiger charge is 2.23. The summed E-state index contributed by atoms with van der Waals surface area (Å²) in [6.45, 7) is 1.70. The van der Waals surface area contributed by atoms with Crippen molar-refractivity contribution in [1.82, 2.24) is 25.1 Å². The first-order chi connectivity index (χ1) is 10.7. The van der Waals surface area contributed by atoms with E-state index < -0.39 is 0 Å². The average molecular weight is 303 g/mol. The molecule has 1 fully saturated rings. The Hall–Kier alpha value is -2.31. The number of carbonyl (C=O) groups is 1. The van der Waals surface area contributed by atoms with E-state index in [9.17, 15) is 9.18 Å². The molecular weight excluding hydrogens is 285 g/mol. The van der Waals surface area contributed by atoms with E-state index >= 15 is 0 Å². The number of rotatable bonds is 4. The fourth-order valence-corrected chi connectivity index (χ4v) is 2.83. The second-order valence-corrected chi connectivity index (χ2v) is 5.66. The molecule has 0 spiro atoms. The Morgan fingerprint density at radius 3 is 2.59 bits per heavy atom. The third-order valence-electron chi connectivity index (χ3n) is 4.09. The summed E-state index contributed by atoms with van der Waals surface area (Å²) in [7, 11) is 0. The van der Waals surface area contributed by atoms with Crippen molar-refractivity contribution < 1.29 is 9.18 Å². The number of piperidine rings is 1. The largest absolute Gasteiger partial charge is 0.341 e. The van der Waals surface area contributed by atoms with Gasteiger partial charge in [-0.25, -0.2) is 9.07 Å². The fraction of sp³-hybridized carbons (Fsp3) is 0.467. The predicted molar refractivity (Wildman–Crippen MR) is 77.2 cm³/mol. The van der Waals surface area contributed by atoms with Crippen molar-refractivity contribution in [2.24, 2.45) is 5.92 Å². The number of hydrogen-bond donors (Lipinski definition) is 0. The van der Waals surface area contributed by atoms with Crippen LogP contribution < -0.4 is 0 Å². The highest BCUT2D eigenvalue weighted by Crippen LogP contribution is 2.22. The van der Waals surface area contributed by atoms with Gasteiger partial charge in [0.05, 0.1) is 0 Å². The summed E-state index contributed by atoms with van der Waals surface area (Å²) in [6.07, 6.45) is 4.33. The van der Waals surface area contributed by atoms with Crippen LogP contribution in [0.4, 0.5) is 4.39 Å². The SMILES string of the molecule is O=C(Cn1cnnn1)N1CCC(Cc2ccc(F)cc2)CC1. The van der Waals surface area contributed by atoms with Gasteiger partial charge < -0.3 is 4.90 Å². The molecule has 0 aliphatic carbocycles. The summed E-state index contributed by atoms with van der Waals surface area (Å²) in [5.41, 5.74) is 1.15. The summed E-state index contributed by atoms with van der Waals surface area (Å²) in [4.78, 5) is 14.0. The summed E-state index contributed by atoms with van der Waals surface area (Å²) >= 11 is 0. The first kappa shape index (κ1) is 14.6. The van der Waals surface area contributed by atoms with Crippen molar-refractivity contribution in [3.8, 4) is 0 Å². The number of amides is 1. The van der Waals surface area contributed by atoms with Gasteiger partial charge in [-0.2, -0.15) is 0 Å². The molecule has 0 unspecified atom stereocenters. The maximum absolute atomic E-state index is 12.9. The summed E-state index contributed by atoms with van der Waals surface area (Å²) in [5.74, 6) is 0.391. The summed E-state index contributed by atoms with van der Waals surface area (Å²) < 4.78 is 14.3. The zero-order chi connectivity index (χ0) is 15.4. The molecule has 2 aromatic rings. The number of likely N-dealkylation sites (tertiary alicyclic amines) is 1. The van der Waals surface area contributed by atoms with Crippen LogP contribution in [-0.2, 0) is 17.8 Å². The first-order valence-corrected chi connectivity index (χ1v) is 7.44. The number of carbonyl (C=O) groups excluding carboxylic acids is 1. The van der Waals surface area contributed by atoms with Crippen LogP contribution in [0.5, 0.6) is 0 Å². The minimum atomic E-state index is -0.202. The molecule has 22 heavy (non-hydrogen) atoms. The van der Waals surface area contributed by atoms with Gasteiger partial charge in [-0.15, -0.1) is 5.10 Å². The maximum Gasteiger partial charge on any atom is 0.244 e. The first-order valence-electron chi connectivity index (χ1n) is 7.44. The van der Waals surface area contributed by atoms with Crippen molar-refractivity contribution in [2.75, 3.05) is 13.1 Å². The van der Waals surface area contributed by atoms with Crippen molar-refractivity contribution in [3.63, 3.8) is 0 Å². The third-order valence-corrected chi connectivity index (χ3v) is 4.09. The molecule has 1 aromatic heterocycles. The molecule has 1 aromatic carbocycles. The van der Waals surface area contributed by atoms with Crippen LogP contribution in [0.2, 0.25) is 0 Å². The molecule has 1 aliphatic rings. The lowest BCUT2D eigenvalue weighted by molar-refractivity contribution is -0.133. The van der Waals surface area contributed by atoms with Gasteiger partial charge in [-0.05, 0) is 53.3 Å². The van der Waals surface area contributed by atoms with Crippen LogP contribution in [0.25, 0.3) is 0 Å². The summed E-state index contributed by atoms with van der Waals surface area (Å²) in [6, 6.07) is 6.68. The van der Waals surface area contributed by atoms with Crippen LogP contribution in [0, 0.1) is 11.7 Å². The number of benzene rings is 1. The van der Waals surface area contributed by atoms with Gasteiger partial charge >= 0.3 is 0 Å². The van der Waals surface area contributed by atoms with Crippen molar-refractivity contribution in [3.05, 3.63) is 42.0 Å². The van der Waals surface area contributed by atoms with Crippen molar-refractivity contribution in [1.29, 1.82) is 0 Å². The Bertz CT molecular complexity index is 605. The van der Waals surface area contributed by atoms with Crippen LogP contribution in [0.15, 0.2) is 30.6 Å². The second kappa shape index (κ2) is 6.64. The number of tetrazole rings is 1. The van der Waals surface area contributed by atoms with E-state index in [0.717, 1.165) is 37.9 Å². The second-order valence-electron chi connectivity index (χ2n) is 5.66. The minimum Gasteiger partial charge on any atom is -0.341 e. The van der Waals surface area contributed by atoms with Crippen molar-refractivity contribution >= 4 is 5.91 Å². The van der Waals surface area contributed by atoms with Crippen LogP contribution in [0.1, 0.15) is 18.4 Å². The molecule has 1 aliphatic heterocycles. The zero-order valence-electron chi connectivity index (χ0n) is 12.2. The lowest BCUT2D eigenvalue weighted by Gasteiger charge is -2.32. The van der Waals surface area contributed by atoms with E-state index in [1.54, 1.807) is 0 Å². The van der Waals surface area contributed by atoms with Crippen LogP contribution in [0.3, 0.4) is 0 Å². The van der Waals surface area contributed by atoms with Gasteiger partial charge in [0.15, 0.2) is 0 Å². The van der Waals surface area contributed by atoms with E-state index in [4.69, 9.17) is 0 Å². The Labute approximate surface area is 127 Å². The van der Waals surface area contributed by atoms with Crippen LogP contribution in [-0.4, -0.2) is 44.1 Å². The molecule has 0 N–H and O–H groups in total. The molecule has 3 rings (SSSR count). The fourth-order valence-electron chi connectivity index (χ4n) is 2.83. The van der Waals surface area contributed by atoms with Crippen molar-refractivity contribution in [2.45, 2.75) is 25.8 Å². The lowest BCUT2D eigenvalue weighted by atomic mass is 9.90. The molecular formula is C15H18FN5O. The van der Waals surface area contributed by atoms with Gasteiger partial charge in [0.25, 0.3) is 0 Å². The number of halogens is 1.